The first-order valence-corrected chi connectivity index (χ1v) is 9.29. The Kier molecular flexibility index (Phi) is 4.67. The minimum absolute atomic E-state index is 0.0206. The van der Waals surface area contributed by atoms with E-state index in [9.17, 15) is 9.59 Å². The van der Waals surface area contributed by atoms with Crippen LogP contribution in [0.2, 0.25) is 0 Å². The maximum Gasteiger partial charge on any atom is 0.242 e. The number of nitrogens with one attached hydrogen (secondary N) is 2. The molecule has 0 bridgehead atoms. The molecule has 0 spiro atoms. The van der Waals surface area contributed by atoms with E-state index in [4.69, 9.17) is 0 Å². The quantitative estimate of drug-likeness (QED) is 0.750. The fraction of sp³-hybridized carbons (Fsp3) is 0.273. The Morgan fingerprint density at radius 1 is 1.15 bits per heavy atom. The molecular weight excluding hydrogens is 338 g/mol. The summed E-state index contributed by atoms with van der Waals surface area (Å²) in [6.45, 7) is 0.490. The SMILES string of the molecule is CNC(=O)[C@@H]1Cc2ccccc2CN1C(=O)CCc1ccc2[nH]ccc2c1. The van der Waals surface area contributed by atoms with Gasteiger partial charge in [-0.05, 0) is 46.7 Å². The Hall–Kier alpha value is -3.08. The maximum atomic E-state index is 13.0. The van der Waals surface area contributed by atoms with Crippen molar-refractivity contribution in [3.05, 3.63) is 71.4 Å². The molecule has 0 saturated heterocycles. The monoisotopic (exact) mass is 361 g/mol. The van der Waals surface area contributed by atoms with Gasteiger partial charge in [-0.1, -0.05) is 30.3 Å². The highest BCUT2D eigenvalue weighted by Crippen LogP contribution is 2.25. The summed E-state index contributed by atoms with van der Waals surface area (Å²) in [5.41, 5.74) is 4.49. The molecule has 2 amide bonds. The number of aromatic amines is 1. The van der Waals surface area contributed by atoms with E-state index < -0.39 is 6.04 Å². The van der Waals surface area contributed by atoms with E-state index in [1.54, 1.807) is 11.9 Å². The van der Waals surface area contributed by atoms with Gasteiger partial charge in [0.25, 0.3) is 0 Å². The van der Waals surface area contributed by atoms with Crippen LogP contribution >= 0.6 is 0 Å². The predicted octanol–water partition coefficient (Wildman–Crippen LogP) is 2.80. The number of hydrogen-bond acceptors (Lipinski definition) is 2. The molecule has 138 valence electrons. The van der Waals surface area contributed by atoms with Crippen LogP contribution in [0.4, 0.5) is 0 Å². The average molecular weight is 361 g/mol. The Bertz CT molecular complexity index is 992. The van der Waals surface area contributed by atoms with Crippen LogP contribution in [0.15, 0.2) is 54.7 Å². The van der Waals surface area contributed by atoms with E-state index in [0.29, 0.717) is 25.8 Å². The lowest BCUT2D eigenvalue weighted by atomic mass is 9.93. The number of aromatic nitrogens is 1. The lowest BCUT2D eigenvalue weighted by Gasteiger charge is -2.36. The van der Waals surface area contributed by atoms with Gasteiger partial charge in [-0.3, -0.25) is 9.59 Å². The number of likely N-dealkylation sites (N-methyl/N-ethyl adjacent to an activating group) is 1. The zero-order valence-electron chi connectivity index (χ0n) is 15.4. The number of fused-ring (bicyclic) bond motifs is 2. The van der Waals surface area contributed by atoms with Crippen LogP contribution in [0.1, 0.15) is 23.1 Å². The van der Waals surface area contributed by atoms with Crippen molar-refractivity contribution in [3.63, 3.8) is 0 Å². The third-order valence-corrected chi connectivity index (χ3v) is 5.36. The van der Waals surface area contributed by atoms with Gasteiger partial charge in [-0.15, -0.1) is 0 Å². The molecular formula is C22H23N3O2. The fourth-order valence-electron chi connectivity index (χ4n) is 3.84. The van der Waals surface area contributed by atoms with Crippen LogP contribution < -0.4 is 5.32 Å². The second-order valence-corrected chi connectivity index (χ2v) is 7.02. The van der Waals surface area contributed by atoms with E-state index >= 15 is 0 Å². The predicted molar refractivity (Wildman–Crippen MR) is 105 cm³/mol. The molecule has 4 rings (SSSR count). The number of benzene rings is 2. The van der Waals surface area contributed by atoms with E-state index in [2.05, 4.69) is 16.4 Å². The zero-order chi connectivity index (χ0) is 18.8. The first-order chi connectivity index (χ1) is 13.2. The summed E-state index contributed by atoms with van der Waals surface area (Å²) < 4.78 is 0. The third-order valence-electron chi connectivity index (χ3n) is 5.36. The zero-order valence-corrected chi connectivity index (χ0v) is 15.4. The van der Waals surface area contributed by atoms with Crippen molar-refractivity contribution in [1.29, 1.82) is 0 Å². The van der Waals surface area contributed by atoms with Crippen LogP contribution in [0.3, 0.4) is 0 Å². The number of amides is 2. The molecule has 5 heteroatoms. The molecule has 2 aromatic carbocycles. The number of nitrogens with zero attached hydrogens (tertiary/aromatic N) is 1. The standard InChI is InChI=1S/C22H23N3O2/c1-23-22(27)20-13-16-4-2-3-5-18(16)14-25(20)21(26)9-7-15-6-8-19-17(12-15)10-11-24-19/h2-6,8,10-12,20,24H,7,9,13-14H2,1H3,(H,23,27)/t20-/m0/s1. The molecule has 0 saturated carbocycles. The largest absolute Gasteiger partial charge is 0.361 e. The van der Waals surface area contributed by atoms with Crippen molar-refractivity contribution in [3.8, 4) is 0 Å². The number of carbonyl (C=O) groups is 2. The normalized spacial score (nSPS) is 16.2. The van der Waals surface area contributed by atoms with Gasteiger partial charge in [0.05, 0.1) is 0 Å². The maximum absolute atomic E-state index is 13.0. The summed E-state index contributed by atoms with van der Waals surface area (Å²) in [6.07, 6.45) is 3.54. The van der Waals surface area contributed by atoms with Crippen LogP contribution in [-0.4, -0.2) is 34.8 Å². The molecule has 0 fully saturated rings. The molecule has 1 aliphatic heterocycles. The van der Waals surface area contributed by atoms with E-state index in [-0.39, 0.29) is 11.8 Å². The van der Waals surface area contributed by atoms with Crippen LogP contribution in [-0.2, 0) is 29.0 Å². The van der Waals surface area contributed by atoms with Crippen molar-refractivity contribution in [2.75, 3.05) is 7.05 Å². The summed E-state index contributed by atoms with van der Waals surface area (Å²) >= 11 is 0. The second-order valence-electron chi connectivity index (χ2n) is 7.02. The van der Waals surface area contributed by atoms with Crippen molar-refractivity contribution in [2.45, 2.75) is 31.8 Å². The molecule has 2 N–H and O–H groups in total. The Labute approximate surface area is 158 Å². The lowest BCUT2D eigenvalue weighted by Crippen LogP contribution is -2.52. The fourth-order valence-corrected chi connectivity index (χ4v) is 3.84. The van der Waals surface area contributed by atoms with Crippen molar-refractivity contribution in [2.24, 2.45) is 0 Å². The van der Waals surface area contributed by atoms with Crippen molar-refractivity contribution < 1.29 is 9.59 Å². The minimum atomic E-state index is -0.440. The van der Waals surface area contributed by atoms with E-state index in [1.807, 2.05) is 48.7 Å². The molecule has 3 aromatic rings. The number of carbonyl (C=O) groups excluding carboxylic acids is 2. The number of aryl methyl sites for hydroxylation is 1. The number of H-pyrrole nitrogens is 1. The van der Waals surface area contributed by atoms with Crippen molar-refractivity contribution >= 4 is 22.7 Å². The van der Waals surface area contributed by atoms with Gasteiger partial charge in [0.1, 0.15) is 6.04 Å². The molecule has 5 nitrogen and oxygen atoms in total. The summed E-state index contributed by atoms with van der Waals surface area (Å²) in [5.74, 6) is -0.0844. The topological polar surface area (TPSA) is 65.2 Å². The van der Waals surface area contributed by atoms with E-state index in [0.717, 1.165) is 27.6 Å². The first kappa shape index (κ1) is 17.3. The highest BCUT2D eigenvalue weighted by Gasteiger charge is 2.33. The van der Waals surface area contributed by atoms with Crippen molar-refractivity contribution in [1.82, 2.24) is 15.2 Å². The number of hydrogen-bond donors (Lipinski definition) is 2. The first-order valence-electron chi connectivity index (χ1n) is 9.29. The van der Waals surface area contributed by atoms with Gasteiger partial charge < -0.3 is 15.2 Å². The molecule has 0 radical (unpaired) electrons. The summed E-state index contributed by atoms with van der Waals surface area (Å²) in [5, 5.41) is 3.85. The molecule has 27 heavy (non-hydrogen) atoms. The molecule has 1 aliphatic rings. The second kappa shape index (κ2) is 7.27. The highest BCUT2D eigenvalue weighted by molar-refractivity contribution is 5.88. The van der Waals surface area contributed by atoms with Gasteiger partial charge in [0, 0.05) is 38.1 Å². The van der Waals surface area contributed by atoms with Gasteiger partial charge in [-0.25, -0.2) is 0 Å². The van der Waals surface area contributed by atoms with Crippen LogP contribution in [0, 0.1) is 0 Å². The minimum Gasteiger partial charge on any atom is -0.361 e. The molecule has 2 heterocycles. The summed E-state index contributed by atoms with van der Waals surface area (Å²) in [6, 6.07) is 15.8. The summed E-state index contributed by atoms with van der Waals surface area (Å²) in [4.78, 5) is 30.2. The highest BCUT2D eigenvalue weighted by atomic mass is 16.2. The molecule has 0 unspecified atom stereocenters. The molecule has 0 aliphatic carbocycles. The smallest absolute Gasteiger partial charge is 0.242 e. The Balaban J connectivity index is 1.50. The third kappa shape index (κ3) is 3.45. The van der Waals surface area contributed by atoms with Gasteiger partial charge in [0.15, 0.2) is 0 Å². The summed E-state index contributed by atoms with van der Waals surface area (Å²) in [7, 11) is 1.62. The number of rotatable bonds is 4. The van der Waals surface area contributed by atoms with Crippen LogP contribution in [0.25, 0.3) is 10.9 Å². The van der Waals surface area contributed by atoms with Gasteiger partial charge in [-0.2, -0.15) is 0 Å². The molecule has 1 aromatic heterocycles. The van der Waals surface area contributed by atoms with Gasteiger partial charge >= 0.3 is 0 Å². The average Bonchev–Trinajstić information content (AvgIpc) is 3.18. The Morgan fingerprint density at radius 3 is 2.78 bits per heavy atom. The van der Waals surface area contributed by atoms with Gasteiger partial charge in [0.2, 0.25) is 11.8 Å². The van der Waals surface area contributed by atoms with Crippen LogP contribution in [0.5, 0.6) is 0 Å². The Morgan fingerprint density at radius 2 is 1.96 bits per heavy atom. The van der Waals surface area contributed by atoms with E-state index in [1.165, 1.54) is 0 Å². The lowest BCUT2D eigenvalue weighted by molar-refractivity contribution is -0.141. The molecule has 1 atom stereocenters.